The predicted octanol–water partition coefficient (Wildman–Crippen LogP) is 3.09. The Bertz CT molecular complexity index is 664. The summed E-state index contributed by atoms with van der Waals surface area (Å²) in [7, 11) is 0. The van der Waals surface area contributed by atoms with E-state index in [0.29, 0.717) is 38.8 Å². The van der Waals surface area contributed by atoms with Crippen LogP contribution in [0.1, 0.15) is 44.6 Å². The van der Waals surface area contributed by atoms with Gasteiger partial charge in [-0.05, 0) is 37.7 Å². The van der Waals surface area contributed by atoms with Crippen molar-refractivity contribution in [3.05, 3.63) is 35.9 Å². The van der Waals surface area contributed by atoms with E-state index in [1.807, 2.05) is 37.3 Å². The Morgan fingerprint density at radius 1 is 1.21 bits per heavy atom. The molecule has 1 aromatic rings. The lowest BCUT2D eigenvalue weighted by Crippen LogP contribution is -2.50. The van der Waals surface area contributed by atoms with E-state index in [0.717, 1.165) is 18.4 Å². The van der Waals surface area contributed by atoms with Gasteiger partial charge in [-0.2, -0.15) is 0 Å². The molecule has 7 nitrogen and oxygen atoms in total. The van der Waals surface area contributed by atoms with E-state index in [2.05, 4.69) is 0 Å². The Morgan fingerprint density at radius 3 is 2.54 bits per heavy atom. The van der Waals surface area contributed by atoms with Gasteiger partial charge in [0.2, 0.25) is 0 Å². The summed E-state index contributed by atoms with van der Waals surface area (Å²) in [6.45, 7) is 2.94. The van der Waals surface area contributed by atoms with Gasteiger partial charge in [0.05, 0.1) is 5.92 Å². The minimum Gasteiger partial charge on any atom is -0.481 e. The largest absolute Gasteiger partial charge is 0.481 e. The second-order valence-electron chi connectivity index (χ2n) is 7.33. The summed E-state index contributed by atoms with van der Waals surface area (Å²) in [5.74, 6) is -2.62. The predicted molar refractivity (Wildman–Crippen MR) is 105 cm³/mol. The zero-order chi connectivity index (χ0) is 20.5. The molecule has 1 heterocycles. The van der Waals surface area contributed by atoms with Crippen LogP contribution in [0.5, 0.6) is 0 Å². The zero-order valence-corrected chi connectivity index (χ0v) is 16.4. The third-order valence-corrected chi connectivity index (χ3v) is 5.25. The van der Waals surface area contributed by atoms with Crippen molar-refractivity contribution in [3.63, 3.8) is 0 Å². The lowest BCUT2D eigenvalue weighted by Gasteiger charge is -2.32. The van der Waals surface area contributed by atoms with Crippen LogP contribution < -0.4 is 0 Å². The average Bonchev–Trinajstić information content (AvgIpc) is 3.17. The summed E-state index contributed by atoms with van der Waals surface area (Å²) in [5, 5.41) is 19.0. The number of carbonyl (C=O) groups excluding carboxylic acids is 1. The number of rotatable bonds is 10. The number of carboxylic acids is 2. The third kappa shape index (κ3) is 5.97. The highest BCUT2D eigenvalue weighted by molar-refractivity contribution is 5.83. The van der Waals surface area contributed by atoms with Gasteiger partial charge in [0.15, 0.2) is 0 Å². The Hall–Kier alpha value is -2.57. The fourth-order valence-corrected chi connectivity index (χ4v) is 3.59. The van der Waals surface area contributed by atoms with Crippen LogP contribution in [0.4, 0.5) is 4.79 Å². The maximum atomic E-state index is 13.0. The molecule has 1 aromatic carbocycles. The van der Waals surface area contributed by atoms with E-state index in [1.165, 1.54) is 9.80 Å². The van der Waals surface area contributed by atoms with E-state index >= 15 is 0 Å². The number of benzene rings is 1. The van der Waals surface area contributed by atoms with Crippen molar-refractivity contribution in [2.45, 2.75) is 51.5 Å². The Balaban J connectivity index is 2.07. The van der Waals surface area contributed by atoms with Crippen LogP contribution in [0.2, 0.25) is 0 Å². The molecule has 2 amide bonds. The van der Waals surface area contributed by atoms with Gasteiger partial charge in [0.25, 0.3) is 0 Å². The molecule has 2 rings (SSSR count). The molecule has 0 saturated carbocycles. The first kappa shape index (κ1) is 21.7. The van der Waals surface area contributed by atoms with Gasteiger partial charge in [0.1, 0.15) is 6.04 Å². The molecule has 1 saturated heterocycles. The monoisotopic (exact) mass is 390 g/mol. The summed E-state index contributed by atoms with van der Waals surface area (Å²) >= 11 is 0. The molecule has 1 fully saturated rings. The molecule has 0 radical (unpaired) electrons. The van der Waals surface area contributed by atoms with Gasteiger partial charge < -0.3 is 20.0 Å². The highest BCUT2D eigenvalue weighted by atomic mass is 16.4. The van der Waals surface area contributed by atoms with Crippen LogP contribution >= 0.6 is 0 Å². The molecular weight excluding hydrogens is 360 g/mol. The molecule has 2 unspecified atom stereocenters. The number of urea groups is 1. The summed E-state index contributed by atoms with van der Waals surface area (Å²) in [5.41, 5.74) is 1.06. The quantitative estimate of drug-likeness (QED) is 0.640. The Labute approximate surface area is 165 Å². The summed E-state index contributed by atoms with van der Waals surface area (Å²) < 4.78 is 0. The molecule has 2 N–H and O–H groups in total. The van der Waals surface area contributed by atoms with Crippen molar-refractivity contribution in [3.8, 4) is 0 Å². The molecule has 0 aliphatic carbocycles. The number of carboxylic acid groups (broad SMARTS) is 2. The van der Waals surface area contributed by atoms with Crippen molar-refractivity contribution in [2.24, 2.45) is 5.92 Å². The van der Waals surface area contributed by atoms with Crippen molar-refractivity contribution in [1.82, 2.24) is 9.80 Å². The summed E-state index contributed by atoms with van der Waals surface area (Å²) in [6.07, 6.45) is 3.77. The first-order valence-electron chi connectivity index (χ1n) is 9.99. The highest BCUT2D eigenvalue weighted by Crippen LogP contribution is 2.21. The zero-order valence-electron chi connectivity index (χ0n) is 16.4. The molecule has 1 aliphatic heterocycles. The topological polar surface area (TPSA) is 98.2 Å². The lowest BCUT2D eigenvalue weighted by atomic mass is 9.99. The molecular formula is C21H30N2O5. The van der Waals surface area contributed by atoms with E-state index < -0.39 is 23.9 Å². The van der Waals surface area contributed by atoms with E-state index in [4.69, 9.17) is 0 Å². The maximum Gasteiger partial charge on any atom is 0.326 e. The Morgan fingerprint density at radius 2 is 1.93 bits per heavy atom. The van der Waals surface area contributed by atoms with Crippen LogP contribution in [0, 0.1) is 5.92 Å². The smallest absolute Gasteiger partial charge is 0.326 e. The number of carbonyl (C=O) groups is 3. The van der Waals surface area contributed by atoms with Crippen molar-refractivity contribution in [1.29, 1.82) is 0 Å². The number of likely N-dealkylation sites (tertiary alicyclic amines) is 1. The molecule has 154 valence electrons. The van der Waals surface area contributed by atoms with Gasteiger partial charge in [-0.1, -0.05) is 43.7 Å². The number of amides is 2. The number of aliphatic carboxylic acids is 2. The minimum absolute atomic E-state index is 0.101. The third-order valence-electron chi connectivity index (χ3n) is 5.25. The number of hydrogen-bond donors (Lipinski definition) is 2. The van der Waals surface area contributed by atoms with Crippen LogP contribution in [0.3, 0.4) is 0 Å². The van der Waals surface area contributed by atoms with Crippen molar-refractivity contribution >= 4 is 18.0 Å². The van der Waals surface area contributed by atoms with Gasteiger partial charge >= 0.3 is 18.0 Å². The molecule has 2 atom stereocenters. The standard InChI is InChI=1S/C21H30N2O5/c1-2-3-13-22(21(28)23-14-7-10-18(23)20(26)27)15-17(19(24)25)12-11-16-8-5-4-6-9-16/h4-6,8-9,17-18H,2-3,7,10-15H2,1H3,(H,24,25)(H,26,27). The summed E-state index contributed by atoms with van der Waals surface area (Å²) in [4.78, 5) is 39.2. The fourth-order valence-electron chi connectivity index (χ4n) is 3.59. The van der Waals surface area contributed by atoms with Gasteiger partial charge in [-0.3, -0.25) is 4.79 Å². The van der Waals surface area contributed by atoms with Crippen LogP contribution in [-0.2, 0) is 16.0 Å². The molecule has 0 aromatic heterocycles. The van der Waals surface area contributed by atoms with E-state index in [9.17, 15) is 24.6 Å². The Kier molecular flexibility index (Phi) is 8.29. The SMILES string of the molecule is CCCCN(CC(CCc1ccccc1)C(=O)O)C(=O)N1CCCC1C(=O)O. The molecule has 1 aliphatic rings. The van der Waals surface area contributed by atoms with Crippen LogP contribution in [0.25, 0.3) is 0 Å². The maximum absolute atomic E-state index is 13.0. The van der Waals surface area contributed by atoms with Gasteiger partial charge in [-0.15, -0.1) is 0 Å². The molecule has 28 heavy (non-hydrogen) atoms. The molecule has 0 bridgehead atoms. The van der Waals surface area contributed by atoms with Crippen molar-refractivity contribution in [2.75, 3.05) is 19.6 Å². The lowest BCUT2D eigenvalue weighted by molar-refractivity contribution is -0.143. The average molecular weight is 390 g/mol. The first-order chi connectivity index (χ1) is 13.4. The second kappa shape index (κ2) is 10.7. The van der Waals surface area contributed by atoms with Crippen LogP contribution in [-0.4, -0.2) is 63.7 Å². The van der Waals surface area contributed by atoms with Crippen molar-refractivity contribution < 1.29 is 24.6 Å². The fraction of sp³-hybridized carbons (Fsp3) is 0.571. The number of aryl methyl sites for hydroxylation is 1. The molecule has 7 heteroatoms. The number of unbranched alkanes of at least 4 members (excludes halogenated alkanes) is 1. The molecule has 0 spiro atoms. The van der Waals surface area contributed by atoms with E-state index in [1.54, 1.807) is 0 Å². The van der Waals surface area contributed by atoms with Gasteiger partial charge in [0, 0.05) is 19.6 Å². The first-order valence-corrected chi connectivity index (χ1v) is 9.99. The van der Waals surface area contributed by atoms with E-state index in [-0.39, 0.29) is 12.6 Å². The normalized spacial score (nSPS) is 17.3. The minimum atomic E-state index is -1.000. The van der Waals surface area contributed by atoms with Crippen LogP contribution in [0.15, 0.2) is 30.3 Å². The van der Waals surface area contributed by atoms with Gasteiger partial charge in [-0.25, -0.2) is 9.59 Å². The summed E-state index contributed by atoms with van der Waals surface area (Å²) in [6, 6.07) is 8.50. The number of hydrogen-bond acceptors (Lipinski definition) is 3. The number of nitrogens with zero attached hydrogens (tertiary/aromatic N) is 2. The highest BCUT2D eigenvalue weighted by Gasteiger charge is 2.37. The second-order valence-corrected chi connectivity index (χ2v) is 7.33.